The van der Waals surface area contributed by atoms with E-state index in [1.807, 2.05) is 13.8 Å². The summed E-state index contributed by atoms with van der Waals surface area (Å²) in [6.07, 6.45) is 9.90. The standard InChI is InChI=1S/C36H37N3O4S2/c1-21-34(44-22(2)37-21)29-13-10-25-18-26(11-12-28(25)38-29)33-32(24-8-4-3-5-9-24)35-30(19-31(45-35)36(41)42)39(33)20-27(40)17-23-7-6-15-43-16-14-23/h8,10-13,18-19,23H,3-7,9,14-17,20H2,1-2H3,(H,41,42). The SMILES string of the molecule is Cc1nc(C)c(-c2ccc3cc(-c4c(C5=CCCCC5)c5sc(C(=O)O)cc5n4CC(=O)CC4CCCOCC4)ccc3n2)s1. The van der Waals surface area contributed by atoms with E-state index in [0.29, 0.717) is 23.8 Å². The van der Waals surface area contributed by atoms with Crippen LogP contribution in [0.2, 0.25) is 0 Å². The summed E-state index contributed by atoms with van der Waals surface area (Å²) in [7, 11) is 0. The number of carboxylic acid groups (broad SMARTS) is 1. The minimum absolute atomic E-state index is 0.176. The van der Waals surface area contributed by atoms with Gasteiger partial charge in [0.2, 0.25) is 0 Å². The number of ether oxygens (including phenoxy) is 1. The molecule has 1 atom stereocenters. The van der Waals surface area contributed by atoms with Crippen molar-refractivity contribution in [3.05, 3.63) is 63.6 Å². The zero-order valence-corrected chi connectivity index (χ0v) is 27.4. The Hall–Kier alpha value is -3.66. The highest BCUT2D eigenvalue weighted by molar-refractivity contribution is 7.21. The second kappa shape index (κ2) is 12.6. The number of thiophene rings is 1. The lowest BCUT2D eigenvalue weighted by Crippen LogP contribution is -2.16. The average molecular weight is 640 g/mol. The molecule has 9 heteroatoms. The van der Waals surface area contributed by atoms with Crippen LogP contribution in [0.3, 0.4) is 0 Å². The van der Waals surface area contributed by atoms with Crippen molar-refractivity contribution in [2.24, 2.45) is 5.92 Å². The molecule has 0 amide bonds. The van der Waals surface area contributed by atoms with Crippen molar-refractivity contribution in [2.75, 3.05) is 13.2 Å². The first-order valence-corrected chi connectivity index (χ1v) is 17.5. The van der Waals surface area contributed by atoms with E-state index in [1.165, 1.54) is 16.9 Å². The van der Waals surface area contributed by atoms with Crippen LogP contribution in [-0.4, -0.2) is 44.6 Å². The van der Waals surface area contributed by atoms with E-state index >= 15 is 0 Å². The summed E-state index contributed by atoms with van der Waals surface area (Å²) >= 11 is 2.98. The van der Waals surface area contributed by atoms with Crippen molar-refractivity contribution in [3.63, 3.8) is 0 Å². The van der Waals surface area contributed by atoms with Crippen LogP contribution in [-0.2, 0) is 16.1 Å². The third kappa shape index (κ3) is 6.01. The number of aryl methyl sites for hydroxylation is 2. The van der Waals surface area contributed by atoms with Gasteiger partial charge < -0.3 is 14.4 Å². The number of hydrogen-bond donors (Lipinski definition) is 1. The lowest BCUT2D eigenvalue weighted by molar-refractivity contribution is -0.120. The maximum absolute atomic E-state index is 13.8. The summed E-state index contributed by atoms with van der Waals surface area (Å²) in [6, 6.07) is 12.3. The Morgan fingerprint density at radius 3 is 2.69 bits per heavy atom. The molecule has 5 aromatic rings. The lowest BCUT2D eigenvalue weighted by atomic mass is 9.91. The third-order valence-electron chi connectivity index (χ3n) is 9.08. The molecule has 2 aliphatic rings. The predicted octanol–water partition coefficient (Wildman–Crippen LogP) is 9.09. The Labute approximate surface area is 270 Å². The van der Waals surface area contributed by atoms with E-state index in [4.69, 9.17) is 9.72 Å². The molecular formula is C36H37N3O4S2. The molecule has 7 rings (SSSR count). The normalized spacial score (nSPS) is 17.5. The quantitative estimate of drug-likeness (QED) is 0.182. The summed E-state index contributed by atoms with van der Waals surface area (Å²) in [6.45, 7) is 5.72. The van der Waals surface area contributed by atoms with Crippen molar-refractivity contribution in [1.29, 1.82) is 0 Å². The monoisotopic (exact) mass is 639 g/mol. The highest BCUT2D eigenvalue weighted by Crippen LogP contribution is 2.45. The van der Waals surface area contributed by atoms with Crippen LogP contribution in [0.25, 0.3) is 48.5 Å². The molecule has 1 aliphatic carbocycles. The molecule has 45 heavy (non-hydrogen) atoms. The van der Waals surface area contributed by atoms with E-state index < -0.39 is 5.97 Å². The van der Waals surface area contributed by atoms with Gasteiger partial charge in [0.15, 0.2) is 5.78 Å². The fourth-order valence-electron chi connectivity index (χ4n) is 6.96. The second-order valence-electron chi connectivity index (χ2n) is 12.3. The van der Waals surface area contributed by atoms with Crippen LogP contribution >= 0.6 is 22.7 Å². The van der Waals surface area contributed by atoms with Gasteiger partial charge in [-0.2, -0.15) is 0 Å². The van der Waals surface area contributed by atoms with Crippen LogP contribution in [0, 0.1) is 19.8 Å². The molecule has 1 N–H and O–H groups in total. The van der Waals surface area contributed by atoms with Crippen molar-refractivity contribution >= 4 is 61.1 Å². The number of thiazole rings is 1. The van der Waals surface area contributed by atoms with E-state index in [1.54, 1.807) is 17.4 Å². The van der Waals surface area contributed by atoms with Gasteiger partial charge in [-0.1, -0.05) is 18.2 Å². The first-order valence-electron chi connectivity index (χ1n) is 15.9. The number of carbonyl (C=O) groups excluding carboxylic acids is 1. The first kappa shape index (κ1) is 30.0. The van der Waals surface area contributed by atoms with Crippen LogP contribution in [0.5, 0.6) is 0 Å². The summed E-state index contributed by atoms with van der Waals surface area (Å²) in [4.78, 5) is 36.9. The van der Waals surface area contributed by atoms with Crippen LogP contribution in [0.15, 0.2) is 42.5 Å². The molecular weight excluding hydrogens is 603 g/mol. The van der Waals surface area contributed by atoms with E-state index in [0.717, 1.165) is 111 Å². The number of benzene rings is 1. The highest BCUT2D eigenvalue weighted by atomic mass is 32.1. The van der Waals surface area contributed by atoms with Crippen molar-refractivity contribution in [1.82, 2.24) is 14.5 Å². The van der Waals surface area contributed by atoms with E-state index in [9.17, 15) is 14.7 Å². The summed E-state index contributed by atoms with van der Waals surface area (Å²) in [5, 5.41) is 12.0. The number of pyridine rings is 1. The number of rotatable bonds is 8. The maximum atomic E-state index is 13.8. The molecule has 5 heterocycles. The number of hydrogen-bond acceptors (Lipinski definition) is 7. The number of Topliss-reactive ketones (excluding diaryl/α,β-unsaturated/α-hetero) is 1. The Kier molecular flexibility index (Phi) is 8.42. The molecule has 0 saturated carbocycles. The number of ketones is 1. The van der Waals surface area contributed by atoms with Crippen molar-refractivity contribution < 1.29 is 19.4 Å². The smallest absolute Gasteiger partial charge is 0.345 e. The number of carboxylic acids is 1. The number of aromatic nitrogens is 3. The zero-order chi connectivity index (χ0) is 31.1. The van der Waals surface area contributed by atoms with Crippen LogP contribution < -0.4 is 0 Å². The Morgan fingerprint density at radius 2 is 1.91 bits per heavy atom. The number of carbonyl (C=O) groups is 2. The molecule has 1 aromatic carbocycles. The summed E-state index contributed by atoms with van der Waals surface area (Å²) < 4.78 is 8.70. The molecule has 4 aromatic heterocycles. The molecule has 1 aliphatic heterocycles. The van der Waals surface area contributed by atoms with Gasteiger partial charge in [0, 0.05) is 30.6 Å². The van der Waals surface area contributed by atoms with Gasteiger partial charge in [-0.3, -0.25) is 4.79 Å². The Balaban J connectivity index is 1.36. The van der Waals surface area contributed by atoms with Gasteiger partial charge in [0.25, 0.3) is 0 Å². The van der Waals surface area contributed by atoms with Gasteiger partial charge in [-0.25, -0.2) is 14.8 Å². The largest absolute Gasteiger partial charge is 0.477 e. The van der Waals surface area contributed by atoms with Gasteiger partial charge in [0.1, 0.15) is 4.88 Å². The maximum Gasteiger partial charge on any atom is 0.345 e. The first-order chi connectivity index (χ1) is 21.9. The topological polar surface area (TPSA) is 94.3 Å². The van der Waals surface area contributed by atoms with Gasteiger partial charge >= 0.3 is 5.97 Å². The molecule has 0 radical (unpaired) electrons. The van der Waals surface area contributed by atoms with Crippen molar-refractivity contribution in [3.8, 4) is 21.8 Å². The number of fused-ring (bicyclic) bond motifs is 2. The Morgan fingerprint density at radius 1 is 1.02 bits per heavy atom. The zero-order valence-electron chi connectivity index (χ0n) is 25.7. The fourth-order valence-corrected chi connectivity index (χ4v) is 8.93. The van der Waals surface area contributed by atoms with Gasteiger partial charge in [-0.05, 0) is 100 Å². The van der Waals surface area contributed by atoms with Crippen molar-refractivity contribution in [2.45, 2.75) is 71.8 Å². The number of aromatic carboxylic acids is 1. The fraction of sp³-hybridized carbons (Fsp3) is 0.389. The summed E-state index contributed by atoms with van der Waals surface area (Å²) in [5.41, 5.74) is 7.99. The predicted molar refractivity (Wildman–Crippen MR) is 182 cm³/mol. The van der Waals surface area contributed by atoms with Gasteiger partial charge in [0.05, 0.1) is 49.2 Å². The average Bonchev–Trinajstić information content (AvgIpc) is 3.62. The molecule has 0 bridgehead atoms. The molecule has 1 unspecified atom stereocenters. The second-order valence-corrected chi connectivity index (χ2v) is 14.6. The van der Waals surface area contributed by atoms with Gasteiger partial charge in [-0.15, -0.1) is 22.7 Å². The number of nitrogens with zero attached hydrogens (tertiary/aromatic N) is 3. The lowest BCUT2D eigenvalue weighted by Gasteiger charge is -2.18. The molecule has 232 valence electrons. The molecule has 0 spiro atoms. The molecule has 7 nitrogen and oxygen atoms in total. The minimum Gasteiger partial charge on any atom is -0.477 e. The van der Waals surface area contributed by atoms with Crippen LogP contribution in [0.1, 0.15) is 77.3 Å². The minimum atomic E-state index is -0.934. The van der Waals surface area contributed by atoms with E-state index in [2.05, 4.69) is 46.0 Å². The molecule has 1 saturated heterocycles. The van der Waals surface area contributed by atoms with E-state index in [-0.39, 0.29) is 12.3 Å². The highest BCUT2D eigenvalue weighted by Gasteiger charge is 2.27. The molecule has 1 fully saturated rings. The third-order valence-corrected chi connectivity index (χ3v) is 11.3. The summed E-state index contributed by atoms with van der Waals surface area (Å²) in [5.74, 6) is -0.440. The Bertz CT molecular complexity index is 1960. The number of allylic oxidation sites excluding steroid dienone is 2. The van der Waals surface area contributed by atoms with Crippen LogP contribution in [0.4, 0.5) is 0 Å².